The van der Waals surface area contributed by atoms with Gasteiger partial charge in [0.1, 0.15) is 0 Å². The fourth-order valence-electron chi connectivity index (χ4n) is 1.95. The van der Waals surface area contributed by atoms with E-state index in [0.29, 0.717) is 12.5 Å². The molecule has 4 nitrogen and oxygen atoms in total. The van der Waals surface area contributed by atoms with E-state index in [0.717, 1.165) is 13.0 Å². The number of nitrogens with one attached hydrogen (secondary N) is 2. The number of benzene rings is 1. The van der Waals surface area contributed by atoms with Gasteiger partial charge in [-0.1, -0.05) is 18.2 Å². The Morgan fingerprint density at radius 1 is 1.56 bits per heavy atom. The number of methoxy groups -OCH3 is 1. The molecule has 2 N–H and O–H groups in total. The minimum absolute atomic E-state index is 0.362. The van der Waals surface area contributed by atoms with Crippen molar-refractivity contribution >= 4 is 11.8 Å². The summed E-state index contributed by atoms with van der Waals surface area (Å²) >= 11 is 0. The number of hydrogen-bond acceptors (Lipinski definition) is 3. The molecule has 0 aliphatic carbocycles. The molecule has 4 heteroatoms. The topological polar surface area (TPSA) is 50.4 Å². The van der Waals surface area contributed by atoms with Crippen molar-refractivity contribution in [2.45, 2.75) is 6.42 Å². The molecular weight excluding hydrogens is 204 g/mol. The highest BCUT2D eigenvalue weighted by molar-refractivity contribution is 5.66. The van der Waals surface area contributed by atoms with Gasteiger partial charge >= 0.3 is 6.09 Å². The van der Waals surface area contributed by atoms with Crippen molar-refractivity contribution in [2.75, 3.05) is 25.5 Å². The van der Waals surface area contributed by atoms with Gasteiger partial charge < -0.3 is 15.4 Å². The van der Waals surface area contributed by atoms with E-state index >= 15 is 0 Å². The monoisotopic (exact) mass is 220 g/mol. The number of para-hydroxylation sites is 1. The molecule has 86 valence electrons. The van der Waals surface area contributed by atoms with Gasteiger partial charge in [-0.15, -0.1) is 0 Å². The van der Waals surface area contributed by atoms with Crippen LogP contribution in [0.5, 0.6) is 0 Å². The summed E-state index contributed by atoms with van der Waals surface area (Å²) in [6.45, 7) is 1.54. The number of carbonyl (C=O) groups is 1. The molecule has 2 rings (SSSR count). The van der Waals surface area contributed by atoms with Crippen LogP contribution in [0.1, 0.15) is 5.56 Å². The summed E-state index contributed by atoms with van der Waals surface area (Å²) < 4.78 is 4.54. The van der Waals surface area contributed by atoms with Gasteiger partial charge in [0.15, 0.2) is 0 Å². The number of fused-ring (bicyclic) bond motifs is 1. The third-order valence-electron chi connectivity index (χ3n) is 2.83. The third kappa shape index (κ3) is 2.45. The molecule has 1 atom stereocenters. The highest BCUT2D eigenvalue weighted by Crippen LogP contribution is 2.23. The second kappa shape index (κ2) is 4.88. The summed E-state index contributed by atoms with van der Waals surface area (Å²) in [6, 6.07) is 8.27. The van der Waals surface area contributed by atoms with Crippen molar-refractivity contribution in [3.05, 3.63) is 29.8 Å². The van der Waals surface area contributed by atoms with E-state index in [1.165, 1.54) is 18.4 Å². The zero-order valence-corrected chi connectivity index (χ0v) is 9.32. The molecule has 0 spiro atoms. The molecule has 0 bridgehead atoms. The van der Waals surface area contributed by atoms with Gasteiger partial charge in [-0.3, -0.25) is 0 Å². The van der Waals surface area contributed by atoms with Crippen LogP contribution in [0.4, 0.5) is 10.5 Å². The van der Waals surface area contributed by atoms with Crippen molar-refractivity contribution in [3.63, 3.8) is 0 Å². The summed E-state index contributed by atoms with van der Waals surface area (Å²) in [4.78, 5) is 10.9. The Morgan fingerprint density at radius 2 is 2.38 bits per heavy atom. The molecule has 0 aromatic heterocycles. The first kappa shape index (κ1) is 10.8. The third-order valence-corrected chi connectivity index (χ3v) is 2.83. The van der Waals surface area contributed by atoms with E-state index in [1.807, 2.05) is 12.1 Å². The SMILES string of the molecule is COC(=O)NCC1CNc2ccccc2C1. The standard InChI is InChI=1S/C12H16N2O2/c1-16-12(15)14-8-9-6-10-4-2-3-5-11(10)13-7-9/h2-5,9,13H,6-8H2,1H3,(H,14,15). The van der Waals surface area contributed by atoms with Gasteiger partial charge in [-0.05, 0) is 24.0 Å². The first-order valence-electron chi connectivity index (χ1n) is 5.43. The van der Waals surface area contributed by atoms with E-state index < -0.39 is 0 Å². The van der Waals surface area contributed by atoms with Gasteiger partial charge in [-0.2, -0.15) is 0 Å². The zero-order chi connectivity index (χ0) is 11.4. The van der Waals surface area contributed by atoms with Crippen molar-refractivity contribution in [1.82, 2.24) is 5.32 Å². The normalized spacial score (nSPS) is 18.2. The fourth-order valence-corrected chi connectivity index (χ4v) is 1.95. The molecule has 0 saturated heterocycles. The lowest BCUT2D eigenvalue weighted by atomic mass is 9.94. The van der Waals surface area contributed by atoms with Crippen molar-refractivity contribution < 1.29 is 9.53 Å². The van der Waals surface area contributed by atoms with Gasteiger partial charge in [-0.25, -0.2) is 4.79 Å². The Morgan fingerprint density at radius 3 is 3.19 bits per heavy atom. The number of carbonyl (C=O) groups excluding carboxylic acids is 1. The maximum Gasteiger partial charge on any atom is 0.406 e. The lowest BCUT2D eigenvalue weighted by Crippen LogP contribution is -2.35. The molecule has 1 heterocycles. The van der Waals surface area contributed by atoms with Crippen LogP contribution in [0.25, 0.3) is 0 Å². The molecule has 1 aliphatic rings. The van der Waals surface area contributed by atoms with Crippen LogP contribution >= 0.6 is 0 Å². The minimum atomic E-state index is -0.362. The Kier molecular flexibility index (Phi) is 3.29. The average Bonchev–Trinajstić information content (AvgIpc) is 2.35. The second-order valence-corrected chi connectivity index (χ2v) is 3.98. The quantitative estimate of drug-likeness (QED) is 0.796. The van der Waals surface area contributed by atoms with Crippen LogP contribution in [0.2, 0.25) is 0 Å². The van der Waals surface area contributed by atoms with Crippen LogP contribution in [-0.2, 0) is 11.2 Å². The Balaban J connectivity index is 1.90. The lowest BCUT2D eigenvalue weighted by molar-refractivity contribution is 0.169. The zero-order valence-electron chi connectivity index (χ0n) is 9.32. The minimum Gasteiger partial charge on any atom is -0.453 e. The van der Waals surface area contributed by atoms with Crippen LogP contribution in [0.15, 0.2) is 24.3 Å². The Bertz CT molecular complexity index is 379. The molecule has 1 aromatic carbocycles. The molecule has 1 unspecified atom stereocenters. The fraction of sp³-hybridized carbons (Fsp3) is 0.417. The van der Waals surface area contributed by atoms with Crippen LogP contribution in [0, 0.1) is 5.92 Å². The van der Waals surface area contributed by atoms with E-state index in [1.54, 1.807) is 0 Å². The molecule has 0 radical (unpaired) electrons. The highest BCUT2D eigenvalue weighted by Gasteiger charge is 2.18. The summed E-state index contributed by atoms with van der Waals surface area (Å²) in [5, 5.41) is 6.09. The Labute approximate surface area is 95.0 Å². The van der Waals surface area contributed by atoms with Crippen molar-refractivity contribution in [2.24, 2.45) is 5.92 Å². The smallest absolute Gasteiger partial charge is 0.406 e. The maximum absolute atomic E-state index is 10.9. The highest BCUT2D eigenvalue weighted by atomic mass is 16.5. The predicted octanol–water partition coefficient (Wildman–Crippen LogP) is 1.63. The summed E-state index contributed by atoms with van der Waals surface area (Å²) in [6.07, 6.45) is 0.631. The van der Waals surface area contributed by atoms with E-state index in [-0.39, 0.29) is 6.09 Å². The summed E-state index contributed by atoms with van der Waals surface area (Å²) in [7, 11) is 1.38. The number of alkyl carbamates (subject to hydrolysis) is 1. The molecular formula is C12H16N2O2. The number of hydrogen-bond donors (Lipinski definition) is 2. The van der Waals surface area contributed by atoms with Crippen LogP contribution in [0.3, 0.4) is 0 Å². The molecule has 1 aliphatic heterocycles. The van der Waals surface area contributed by atoms with E-state index in [9.17, 15) is 4.79 Å². The van der Waals surface area contributed by atoms with Crippen molar-refractivity contribution in [1.29, 1.82) is 0 Å². The van der Waals surface area contributed by atoms with Gasteiger partial charge in [0, 0.05) is 18.8 Å². The number of amides is 1. The number of rotatable bonds is 2. The maximum atomic E-state index is 10.9. The van der Waals surface area contributed by atoms with E-state index in [2.05, 4.69) is 27.5 Å². The number of ether oxygens (including phenoxy) is 1. The van der Waals surface area contributed by atoms with E-state index in [4.69, 9.17) is 0 Å². The molecule has 1 aromatic rings. The second-order valence-electron chi connectivity index (χ2n) is 3.98. The van der Waals surface area contributed by atoms with Gasteiger partial charge in [0.2, 0.25) is 0 Å². The van der Waals surface area contributed by atoms with Gasteiger partial charge in [0.05, 0.1) is 7.11 Å². The van der Waals surface area contributed by atoms with Crippen molar-refractivity contribution in [3.8, 4) is 0 Å². The lowest BCUT2D eigenvalue weighted by Gasteiger charge is -2.26. The molecule has 0 fully saturated rings. The average molecular weight is 220 g/mol. The first-order valence-corrected chi connectivity index (χ1v) is 5.43. The summed E-state index contributed by atoms with van der Waals surface area (Å²) in [5.74, 6) is 0.425. The molecule has 0 saturated carbocycles. The predicted molar refractivity (Wildman–Crippen MR) is 62.5 cm³/mol. The first-order chi connectivity index (χ1) is 7.79. The number of anilines is 1. The summed E-state index contributed by atoms with van der Waals surface area (Å²) in [5.41, 5.74) is 2.52. The largest absolute Gasteiger partial charge is 0.453 e. The molecule has 16 heavy (non-hydrogen) atoms. The molecule has 1 amide bonds. The van der Waals surface area contributed by atoms with Crippen LogP contribution in [-0.4, -0.2) is 26.3 Å². The van der Waals surface area contributed by atoms with Gasteiger partial charge in [0.25, 0.3) is 0 Å². The Hall–Kier alpha value is -1.71. The van der Waals surface area contributed by atoms with Crippen LogP contribution < -0.4 is 10.6 Å².